The lowest BCUT2D eigenvalue weighted by Gasteiger charge is -2.36. The van der Waals surface area contributed by atoms with Crippen molar-refractivity contribution in [2.24, 2.45) is 0 Å². The molecule has 0 aromatic heterocycles. The normalized spacial score (nSPS) is 15.2. The smallest absolute Gasteiger partial charge is 0.223 e. The summed E-state index contributed by atoms with van der Waals surface area (Å²) in [7, 11) is 1.68. The molecule has 1 N–H and O–H groups in total. The molecule has 0 aliphatic carbocycles. The van der Waals surface area contributed by atoms with E-state index < -0.39 is 0 Å². The Balaban J connectivity index is 1.71. The summed E-state index contributed by atoms with van der Waals surface area (Å²) in [5.41, 5.74) is 2.53. The quantitative estimate of drug-likeness (QED) is 0.771. The standard InChI is InChI=1S/C17H27N3O2/c1-15-4-3-5-16(14-15)19-9-11-20(12-10-19)17(21)6-7-18-8-13-22-2/h3-5,14,18H,6-13H2,1-2H3. The maximum atomic E-state index is 12.2. The third-order valence-electron chi connectivity index (χ3n) is 4.00. The summed E-state index contributed by atoms with van der Waals surface area (Å²) in [6.07, 6.45) is 0.564. The van der Waals surface area contributed by atoms with Gasteiger partial charge in [-0.25, -0.2) is 0 Å². The Bertz CT molecular complexity index is 471. The molecule has 0 radical (unpaired) electrons. The molecular formula is C17H27N3O2. The Labute approximate surface area is 133 Å². The minimum Gasteiger partial charge on any atom is -0.383 e. The van der Waals surface area contributed by atoms with Gasteiger partial charge in [0.15, 0.2) is 0 Å². The third kappa shape index (κ3) is 5.00. The van der Waals surface area contributed by atoms with E-state index in [-0.39, 0.29) is 5.91 Å². The first-order chi connectivity index (χ1) is 10.7. The lowest BCUT2D eigenvalue weighted by atomic mass is 10.2. The number of ether oxygens (including phenoxy) is 1. The first-order valence-electron chi connectivity index (χ1n) is 8.00. The summed E-state index contributed by atoms with van der Waals surface area (Å²) >= 11 is 0. The molecule has 5 heteroatoms. The SMILES string of the molecule is COCCNCCC(=O)N1CCN(c2cccc(C)c2)CC1. The number of hydrogen-bond acceptors (Lipinski definition) is 4. The molecule has 0 unspecified atom stereocenters. The highest BCUT2D eigenvalue weighted by molar-refractivity contribution is 5.76. The number of aryl methyl sites for hydroxylation is 1. The highest BCUT2D eigenvalue weighted by atomic mass is 16.5. The van der Waals surface area contributed by atoms with E-state index in [4.69, 9.17) is 4.74 Å². The molecular weight excluding hydrogens is 278 g/mol. The molecule has 2 rings (SSSR count). The second-order valence-electron chi connectivity index (χ2n) is 5.70. The largest absolute Gasteiger partial charge is 0.383 e. The first-order valence-corrected chi connectivity index (χ1v) is 8.00. The van der Waals surface area contributed by atoms with Crippen LogP contribution < -0.4 is 10.2 Å². The average molecular weight is 305 g/mol. The van der Waals surface area contributed by atoms with Crippen molar-refractivity contribution in [3.8, 4) is 0 Å². The Morgan fingerprint density at radius 3 is 2.68 bits per heavy atom. The van der Waals surface area contributed by atoms with Crippen LogP contribution in [0.5, 0.6) is 0 Å². The van der Waals surface area contributed by atoms with Gasteiger partial charge in [0.05, 0.1) is 6.61 Å². The first kappa shape index (κ1) is 16.8. The molecule has 1 aromatic carbocycles. The molecule has 1 aliphatic heterocycles. The van der Waals surface area contributed by atoms with Gasteiger partial charge in [0.2, 0.25) is 5.91 Å². The molecule has 1 saturated heterocycles. The minimum atomic E-state index is 0.244. The van der Waals surface area contributed by atoms with Gasteiger partial charge in [-0.1, -0.05) is 12.1 Å². The van der Waals surface area contributed by atoms with Crippen LogP contribution in [0.25, 0.3) is 0 Å². The average Bonchev–Trinajstić information content (AvgIpc) is 2.54. The van der Waals surface area contributed by atoms with Crippen LogP contribution in [0.3, 0.4) is 0 Å². The van der Waals surface area contributed by atoms with Crippen molar-refractivity contribution < 1.29 is 9.53 Å². The molecule has 5 nitrogen and oxygen atoms in total. The van der Waals surface area contributed by atoms with Crippen LogP contribution >= 0.6 is 0 Å². The van der Waals surface area contributed by atoms with E-state index in [1.807, 2.05) is 4.90 Å². The molecule has 1 aliphatic rings. The van der Waals surface area contributed by atoms with E-state index in [9.17, 15) is 4.79 Å². The van der Waals surface area contributed by atoms with Crippen molar-refractivity contribution >= 4 is 11.6 Å². The minimum absolute atomic E-state index is 0.244. The number of methoxy groups -OCH3 is 1. The van der Waals surface area contributed by atoms with E-state index in [0.717, 1.165) is 39.3 Å². The van der Waals surface area contributed by atoms with Crippen molar-refractivity contribution in [1.82, 2.24) is 10.2 Å². The maximum absolute atomic E-state index is 12.2. The van der Waals surface area contributed by atoms with Crippen LogP contribution in [0.2, 0.25) is 0 Å². The highest BCUT2D eigenvalue weighted by Gasteiger charge is 2.20. The van der Waals surface area contributed by atoms with Gasteiger partial charge in [-0.3, -0.25) is 4.79 Å². The van der Waals surface area contributed by atoms with Crippen molar-refractivity contribution in [3.05, 3.63) is 29.8 Å². The van der Waals surface area contributed by atoms with Crippen LogP contribution in [-0.2, 0) is 9.53 Å². The van der Waals surface area contributed by atoms with E-state index in [1.165, 1.54) is 11.3 Å². The Hall–Kier alpha value is -1.59. The Kier molecular flexibility index (Phi) is 6.68. The number of anilines is 1. The van der Waals surface area contributed by atoms with Gasteiger partial charge >= 0.3 is 0 Å². The Morgan fingerprint density at radius 1 is 1.23 bits per heavy atom. The summed E-state index contributed by atoms with van der Waals surface area (Å²) < 4.78 is 4.96. The summed E-state index contributed by atoms with van der Waals surface area (Å²) in [4.78, 5) is 16.5. The fraction of sp³-hybridized carbons (Fsp3) is 0.588. The van der Waals surface area contributed by atoms with Gasteiger partial charge in [-0.05, 0) is 24.6 Å². The zero-order chi connectivity index (χ0) is 15.8. The zero-order valence-corrected chi connectivity index (χ0v) is 13.7. The van der Waals surface area contributed by atoms with Crippen LogP contribution in [-0.4, -0.2) is 63.8 Å². The number of carbonyl (C=O) groups is 1. The summed E-state index contributed by atoms with van der Waals surface area (Å²) in [5, 5.41) is 3.21. The second-order valence-corrected chi connectivity index (χ2v) is 5.70. The van der Waals surface area contributed by atoms with Crippen LogP contribution in [0.4, 0.5) is 5.69 Å². The number of rotatable bonds is 7. The number of benzene rings is 1. The van der Waals surface area contributed by atoms with E-state index in [0.29, 0.717) is 13.0 Å². The van der Waals surface area contributed by atoms with Crippen LogP contribution in [0.1, 0.15) is 12.0 Å². The lowest BCUT2D eigenvalue weighted by Crippen LogP contribution is -2.49. The van der Waals surface area contributed by atoms with Gasteiger partial charge in [0.1, 0.15) is 0 Å². The molecule has 0 spiro atoms. The monoisotopic (exact) mass is 305 g/mol. The van der Waals surface area contributed by atoms with Gasteiger partial charge in [0.25, 0.3) is 0 Å². The van der Waals surface area contributed by atoms with E-state index >= 15 is 0 Å². The molecule has 1 heterocycles. The summed E-state index contributed by atoms with van der Waals surface area (Å²) in [5.74, 6) is 0.244. The molecule has 0 atom stereocenters. The topological polar surface area (TPSA) is 44.8 Å². The molecule has 0 bridgehead atoms. The van der Waals surface area contributed by atoms with E-state index in [1.54, 1.807) is 7.11 Å². The number of carbonyl (C=O) groups excluding carboxylic acids is 1. The van der Waals surface area contributed by atoms with Gasteiger partial charge in [0, 0.05) is 58.5 Å². The van der Waals surface area contributed by atoms with Crippen molar-refractivity contribution in [3.63, 3.8) is 0 Å². The van der Waals surface area contributed by atoms with Gasteiger partial charge < -0.3 is 19.9 Å². The van der Waals surface area contributed by atoms with E-state index in [2.05, 4.69) is 41.4 Å². The van der Waals surface area contributed by atoms with Gasteiger partial charge in [-0.2, -0.15) is 0 Å². The molecule has 0 saturated carbocycles. The van der Waals surface area contributed by atoms with Gasteiger partial charge in [-0.15, -0.1) is 0 Å². The maximum Gasteiger partial charge on any atom is 0.223 e. The number of nitrogens with zero attached hydrogens (tertiary/aromatic N) is 2. The predicted octanol–water partition coefficient (Wildman–Crippen LogP) is 1.27. The second kappa shape index (κ2) is 8.76. The number of piperazine rings is 1. The summed E-state index contributed by atoms with van der Waals surface area (Å²) in [6.45, 7) is 7.75. The molecule has 22 heavy (non-hydrogen) atoms. The fourth-order valence-electron chi connectivity index (χ4n) is 2.69. The fourth-order valence-corrected chi connectivity index (χ4v) is 2.69. The number of amides is 1. The zero-order valence-electron chi connectivity index (χ0n) is 13.7. The predicted molar refractivity (Wildman–Crippen MR) is 89.3 cm³/mol. The van der Waals surface area contributed by atoms with Crippen molar-refractivity contribution in [2.45, 2.75) is 13.3 Å². The third-order valence-corrected chi connectivity index (χ3v) is 4.00. The van der Waals surface area contributed by atoms with Crippen LogP contribution in [0.15, 0.2) is 24.3 Å². The molecule has 1 aromatic rings. The molecule has 1 fully saturated rings. The van der Waals surface area contributed by atoms with Crippen molar-refractivity contribution in [2.75, 3.05) is 57.9 Å². The molecule has 122 valence electrons. The number of hydrogen-bond donors (Lipinski definition) is 1. The number of nitrogens with one attached hydrogen (secondary N) is 1. The van der Waals surface area contributed by atoms with Crippen molar-refractivity contribution in [1.29, 1.82) is 0 Å². The van der Waals surface area contributed by atoms with Crippen LogP contribution in [0, 0.1) is 6.92 Å². The highest BCUT2D eigenvalue weighted by Crippen LogP contribution is 2.17. The summed E-state index contributed by atoms with van der Waals surface area (Å²) in [6, 6.07) is 8.55. The Morgan fingerprint density at radius 2 is 2.00 bits per heavy atom. The molecule has 1 amide bonds. The lowest BCUT2D eigenvalue weighted by molar-refractivity contribution is -0.131.